The third-order valence-corrected chi connectivity index (χ3v) is 2.78. The molecule has 10 nitrogen and oxygen atoms in total. The Balaban J connectivity index is 2.64. The van der Waals surface area contributed by atoms with Gasteiger partial charge in [-0.25, -0.2) is 14.5 Å². The first kappa shape index (κ1) is 14.6. The monoisotopic (exact) mass is 294 g/mol. The number of rotatable bonds is 4. The zero-order chi connectivity index (χ0) is 15.7. The number of aromatic nitrogens is 5. The Bertz CT molecular complexity index is 702. The highest BCUT2D eigenvalue weighted by Gasteiger charge is 2.29. The van der Waals surface area contributed by atoms with Gasteiger partial charge in [0.2, 0.25) is 5.82 Å². The van der Waals surface area contributed by atoms with Gasteiger partial charge in [-0.05, 0) is 20.8 Å². The minimum absolute atomic E-state index is 0.127. The molecule has 0 aliphatic heterocycles. The Kier molecular flexibility index (Phi) is 3.70. The Morgan fingerprint density at radius 2 is 2.10 bits per heavy atom. The molecule has 0 radical (unpaired) electrons. The van der Waals surface area contributed by atoms with Crippen LogP contribution in [-0.4, -0.2) is 42.5 Å². The molecule has 112 valence electrons. The molecule has 0 aromatic carbocycles. The van der Waals surface area contributed by atoms with Gasteiger partial charge in [0.05, 0.1) is 12.0 Å². The van der Waals surface area contributed by atoms with E-state index in [1.165, 1.54) is 18.1 Å². The fourth-order valence-corrected chi connectivity index (χ4v) is 1.86. The van der Waals surface area contributed by atoms with Crippen LogP contribution in [0.1, 0.15) is 36.2 Å². The van der Waals surface area contributed by atoms with Crippen LogP contribution < -0.4 is 0 Å². The highest BCUT2D eigenvalue weighted by Crippen LogP contribution is 2.28. The van der Waals surface area contributed by atoms with E-state index >= 15 is 0 Å². The number of esters is 1. The van der Waals surface area contributed by atoms with Crippen molar-refractivity contribution in [2.45, 2.75) is 26.8 Å². The minimum Gasteiger partial charge on any atom is -0.463 e. The number of hydrogen-bond donors (Lipinski definition) is 0. The molecule has 0 amide bonds. The van der Waals surface area contributed by atoms with Crippen LogP contribution in [-0.2, 0) is 4.74 Å². The zero-order valence-corrected chi connectivity index (χ0v) is 12.0. The Hall–Kier alpha value is -2.78. The number of nitrogens with zero attached hydrogens (tertiary/aromatic N) is 6. The Labute approximate surface area is 119 Å². The smallest absolute Gasteiger partial charge is 0.377 e. The SMILES string of the molecule is COC(=O)c1ncn(-c2c([N+](=O)[O-])c(C)nn2C(C)C)n1. The summed E-state index contributed by atoms with van der Waals surface area (Å²) in [4.78, 5) is 25.9. The van der Waals surface area contributed by atoms with Crippen LogP contribution in [0.5, 0.6) is 0 Å². The summed E-state index contributed by atoms with van der Waals surface area (Å²) < 4.78 is 7.13. The lowest BCUT2D eigenvalue weighted by molar-refractivity contribution is -0.385. The fraction of sp³-hybridized carbons (Fsp3) is 0.455. The summed E-state index contributed by atoms with van der Waals surface area (Å²) in [5, 5.41) is 19.3. The maximum absolute atomic E-state index is 11.4. The molecule has 10 heteroatoms. The van der Waals surface area contributed by atoms with Crippen molar-refractivity contribution in [3.05, 3.63) is 28.0 Å². The van der Waals surface area contributed by atoms with Crippen LogP contribution in [0.4, 0.5) is 5.69 Å². The quantitative estimate of drug-likeness (QED) is 0.469. The molecule has 0 saturated carbocycles. The van der Waals surface area contributed by atoms with Crippen molar-refractivity contribution in [2.24, 2.45) is 0 Å². The first-order valence-electron chi connectivity index (χ1n) is 6.10. The highest BCUT2D eigenvalue weighted by atomic mass is 16.6. The van der Waals surface area contributed by atoms with Crippen molar-refractivity contribution in [3.63, 3.8) is 0 Å². The van der Waals surface area contributed by atoms with E-state index in [2.05, 4.69) is 19.9 Å². The number of carbonyl (C=O) groups excluding carboxylic acids is 1. The first-order valence-corrected chi connectivity index (χ1v) is 6.10. The highest BCUT2D eigenvalue weighted by molar-refractivity contribution is 5.84. The summed E-state index contributed by atoms with van der Waals surface area (Å²) in [6.07, 6.45) is 1.22. The second-order valence-electron chi connectivity index (χ2n) is 4.56. The molecule has 2 aromatic rings. The van der Waals surface area contributed by atoms with E-state index in [1.807, 2.05) is 13.8 Å². The van der Waals surface area contributed by atoms with Crippen LogP contribution in [0, 0.1) is 17.0 Å². The number of methoxy groups -OCH3 is 1. The van der Waals surface area contributed by atoms with Crippen molar-refractivity contribution in [1.82, 2.24) is 24.5 Å². The number of aryl methyl sites for hydroxylation is 1. The largest absolute Gasteiger partial charge is 0.463 e. The van der Waals surface area contributed by atoms with Crippen LogP contribution in [0.2, 0.25) is 0 Å². The van der Waals surface area contributed by atoms with Crippen LogP contribution in [0.15, 0.2) is 6.33 Å². The average Bonchev–Trinajstić information content (AvgIpc) is 3.01. The van der Waals surface area contributed by atoms with Crippen molar-refractivity contribution in [3.8, 4) is 5.82 Å². The van der Waals surface area contributed by atoms with E-state index in [9.17, 15) is 14.9 Å². The maximum Gasteiger partial charge on any atom is 0.377 e. The van der Waals surface area contributed by atoms with Gasteiger partial charge in [-0.3, -0.25) is 10.1 Å². The summed E-state index contributed by atoms with van der Waals surface area (Å²) in [7, 11) is 1.20. The van der Waals surface area contributed by atoms with Gasteiger partial charge in [-0.1, -0.05) is 0 Å². The normalized spacial score (nSPS) is 10.9. The minimum atomic E-state index is -0.719. The van der Waals surface area contributed by atoms with E-state index in [-0.39, 0.29) is 29.1 Å². The van der Waals surface area contributed by atoms with E-state index < -0.39 is 10.9 Å². The molecule has 0 spiro atoms. The van der Waals surface area contributed by atoms with Crippen molar-refractivity contribution in [1.29, 1.82) is 0 Å². The first-order chi connectivity index (χ1) is 9.86. The van der Waals surface area contributed by atoms with Crippen molar-refractivity contribution in [2.75, 3.05) is 7.11 Å². The molecule has 0 aliphatic rings. The lowest BCUT2D eigenvalue weighted by Crippen LogP contribution is -2.12. The van der Waals surface area contributed by atoms with Gasteiger partial charge < -0.3 is 4.74 Å². The summed E-state index contributed by atoms with van der Waals surface area (Å²) in [5.74, 6) is -0.750. The molecule has 2 rings (SSSR count). The molecule has 0 fully saturated rings. The third-order valence-electron chi connectivity index (χ3n) is 2.78. The van der Waals surface area contributed by atoms with Gasteiger partial charge >= 0.3 is 11.7 Å². The maximum atomic E-state index is 11.4. The molecular formula is C11H14N6O4. The summed E-state index contributed by atoms with van der Waals surface area (Å²) in [5.41, 5.74) is 0.0869. The molecule has 2 aromatic heterocycles. The van der Waals surface area contributed by atoms with E-state index in [1.54, 1.807) is 6.92 Å². The lowest BCUT2D eigenvalue weighted by Gasteiger charge is -2.09. The average molecular weight is 294 g/mol. The van der Waals surface area contributed by atoms with Gasteiger partial charge in [0.15, 0.2) is 0 Å². The molecule has 0 N–H and O–H groups in total. The second kappa shape index (κ2) is 5.31. The molecule has 0 aliphatic carbocycles. The van der Waals surface area contributed by atoms with Gasteiger partial charge in [0.25, 0.3) is 5.82 Å². The van der Waals surface area contributed by atoms with Gasteiger partial charge in [0, 0.05) is 6.04 Å². The van der Waals surface area contributed by atoms with Crippen LogP contribution in [0.25, 0.3) is 5.82 Å². The predicted molar refractivity (Wildman–Crippen MR) is 70.3 cm³/mol. The number of hydrogen-bond acceptors (Lipinski definition) is 7. The summed E-state index contributed by atoms with van der Waals surface area (Å²) in [6, 6.07) is -0.127. The fourth-order valence-electron chi connectivity index (χ4n) is 1.86. The van der Waals surface area contributed by atoms with E-state index in [0.717, 1.165) is 4.68 Å². The molecule has 0 atom stereocenters. The van der Waals surface area contributed by atoms with E-state index in [0.29, 0.717) is 0 Å². The van der Waals surface area contributed by atoms with E-state index in [4.69, 9.17) is 0 Å². The Morgan fingerprint density at radius 1 is 1.43 bits per heavy atom. The summed E-state index contributed by atoms with van der Waals surface area (Å²) in [6.45, 7) is 5.20. The molecule has 0 saturated heterocycles. The second-order valence-corrected chi connectivity index (χ2v) is 4.56. The third kappa shape index (κ3) is 2.47. The number of ether oxygens (including phenoxy) is 1. The molecule has 2 heterocycles. The molecule has 0 unspecified atom stereocenters. The standard InChI is InChI=1S/C11H14N6O4/c1-6(2)16-10(8(17(19)20)7(3)13-16)15-5-12-9(14-15)11(18)21-4/h5-6H,1-4H3. The predicted octanol–water partition coefficient (Wildman–Crippen LogP) is 1.05. The van der Waals surface area contributed by atoms with Crippen molar-refractivity contribution >= 4 is 11.7 Å². The van der Waals surface area contributed by atoms with Crippen molar-refractivity contribution < 1.29 is 14.5 Å². The molecular weight excluding hydrogens is 280 g/mol. The molecule has 0 bridgehead atoms. The van der Waals surface area contributed by atoms with Crippen LogP contribution in [0.3, 0.4) is 0 Å². The van der Waals surface area contributed by atoms with Gasteiger partial charge in [-0.15, -0.1) is 5.10 Å². The Morgan fingerprint density at radius 3 is 2.62 bits per heavy atom. The van der Waals surface area contributed by atoms with Gasteiger partial charge in [0.1, 0.15) is 12.0 Å². The number of carbonyl (C=O) groups is 1. The lowest BCUT2D eigenvalue weighted by atomic mass is 10.3. The number of nitro groups is 1. The topological polar surface area (TPSA) is 118 Å². The summed E-state index contributed by atoms with van der Waals surface area (Å²) >= 11 is 0. The van der Waals surface area contributed by atoms with Crippen LogP contribution >= 0.6 is 0 Å². The zero-order valence-electron chi connectivity index (χ0n) is 12.0. The van der Waals surface area contributed by atoms with Gasteiger partial charge in [-0.2, -0.15) is 9.78 Å². The molecule has 21 heavy (non-hydrogen) atoms.